The fourth-order valence-corrected chi connectivity index (χ4v) is 1.58. The van der Waals surface area contributed by atoms with Crippen molar-refractivity contribution in [3.63, 3.8) is 0 Å². The zero-order valence-electron chi connectivity index (χ0n) is 10.2. The third-order valence-electron chi connectivity index (χ3n) is 2.53. The van der Waals surface area contributed by atoms with E-state index < -0.39 is 0 Å². The molecule has 1 fully saturated rings. The number of piperidine rings is 1. The van der Waals surface area contributed by atoms with E-state index in [9.17, 15) is 9.59 Å². The highest BCUT2D eigenvalue weighted by Gasteiger charge is 2.25. The summed E-state index contributed by atoms with van der Waals surface area (Å²) in [4.78, 5) is 22.3. The second kappa shape index (κ2) is 8.16. The van der Waals surface area contributed by atoms with Crippen LogP contribution in [0, 0.1) is 0 Å². The van der Waals surface area contributed by atoms with E-state index in [0.717, 1.165) is 6.42 Å². The second-order valence-corrected chi connectivity index (χ2v) is 3.92. The molecule has 6 heteroatoms. The van der Waals surface area contributed by atoms with E-state index in [4.69, 9.17) is 9.47 Å². The quantitative estimate of drug-likeness (QED) is 0.442. The SMILES string of the molecule is COCCOCCCNC1CCC(=O)NC1=O. The standard InChI is InChI=1S/C11H20N2O4/c1-16-7-8-17-6-2-5-12-9-3-4-10(14)13-11(9)15/h9,12H,2-8H2,1H3,(H,13,14,15). The van der Waals surface area contributed by atoms with Gasteiger partial charge < -0.3 is 14.8 Å². The third kappa shape index (κ3) is 5.76. The van der Waals surface area contributed by atoms with Crippen molar-refractivity contribution in [1.82, 2.24) is 10.6 Å². The summed E-state index contributed by atoms with van der Waals surface area (Å²) in [6.45, 7) is 2.54. The summed E-state index contributed by atoms with van der Waals surface area (Å²) in [5, 5.41) is 5.42. The van der Waals surface area contributed by atoms with Crippen molar-refractivity contribution in [3.8, 4) is 0 Å². The Morgan fingerprint density at radius 3 is 2.88 bits per heavy atom. The van der Waals surface area contributed by atoms with Crippen LogP contribution < -0.4 is 10.6 Å². The van der Waals surface area contributed by atoms with E-state index in [1.165, 1.54) is 0 Å². The normalized spacial score (nSPS) is 20.4. The van der Waals surface area contributed by atoms with Crippen LogP contribution in [0.5, 0.6) is 0 Å². The summed E-state index contributed by atoms with van der Waals surface area (Å²) < 4.78 is 10.1. The van der Waals surface area contributed by atoms with Crippen molar-refractivity contribution < 1.29 is 19.1 Å². The Morgan fingerprint density at radius 1 is 1.35 bits per heavy atom. The van der Waals surface area contributed by atoms with Gasteiger partial charge in [-0.2, -0.15) is 0 Å². The van der Waals surface area contributed by atoms with Gasteiger partial charge >= 0.3 is 0 Å². The molecule has 1 heterocycles. The van der Waals surface area contributed by atoms with Gasteiger partial charge in [0.2, 0.25) is 11.8 Å². The van der Waals surface area contributed by atoms with Crippen molar-refractivity contribution in [3.05, 3.63) is 0 Å². The Bertz CT molecular complexity index is 258. The minimum absolute atomic E-state index is 0.184. The first-order valence-electron chi connectivity index (χ1n) is 5.88. The van der Waals surface area contributed by atoms with Gasteiger partial charge in [-0.15, -0.1) is 0 Å². The van der Waals surface area contributed by atoms with E-state index in [-0.39, 0.29) is 17.9 Å². The molecule has 0 aliphatic carbocycles. The van der Waals surface area contributed by atoms with E-state index in [0.29, 0.717) is 39.2 Å². The van der Waals surface area contributed by atoms with E-state index in [1.54, 1.807) is 7.11 Å². The summed E-state index contributed by atoms with van der Waals surface area (Å²) >= 11 is 0. The molecule has 2 N–H and O–H groups in total. The smallest absolute Gasteiger partial charge is 0.243 e. The molecule has 1 aliphatic rings. The molecule has 17 heavy (non-hydrogen) atoms. The maximum absolute atomic E-state index is 11.4. The molecule has 1 saturated heterocycles. The van der Waals surface area contributed by atoms with Crippen LogP contribution in [0.1, 0.15) is 19.3 Å². The van der Waals surface area contributed by atoms with Crippen LogP contribution in [-0.2, 0) is 19.1 Å². The van der Waals surface area contributed by atoms with Crippen LogP contribution in [0.3, 0.4) is 0 Å². The lowest BCUT2D eigenvalue weighted by atomic mass is 10.1. The van der Waals surface area contributed by atoms with Gasteiger partial charge in [0.15, 0.2) is 0 Å². The zero-order chi connectivity index (χ0) is 12.5. The van der Waals surface area contributed by atoms with Crippen LogP contribution in [0.4, 0.5) is 0 Å². The molecule has 1 aliphatic heterocycles. The number of methoxy groups -OCH3 is 1. The van der Waals surface area contributed by atoms with Crippen LogP contribution in [0.25, 0.3) is 0 Å². The maximum Gasteiger partial charge on any atom is 0.243 e. The molecule has 0 radical (unpaired) electrons. The lowest BCUT2D eigenvalue weighted by Crippen LogP contribution is -2.50. The first-order valence-corrected chi connectivity index (χ1v) is 5.88. The van der Waals surface area contributed by atoms with Gasteiger partial charge in [0.1, 0.15) is 0 Å². The first-order chi connectivity index (χ1) is 8.24. The molecule has 2 amide bonds. The van der Waals surface area contributed by atoms with Crippen molar-refractivity contribution >= 4 is 11.8 Å². The number of carbonyl (C=O) groups is 2. The predicted molar refractivity (Wildman–Crippen MR) is 61.5 cm³/mol. The monoisotopic (exact) mass is 244 g/mol. The first kappa shape index (κ1) is 14.1. The summed E-state index contributed by atoms with van der Waals surface area (Å²) in [6, 6.07) is -0.244. The predicted octanol–water partition coefficient (Wildman–Crippen LogP) is -0.566. The molecule has 6 nitrogen and oxygen atoms in total. The number of amides is 2. The molecule has 0 aromatic heterocycles. The number of carbonyl (C=O) groups excluding carboxylic acids is 2. The molecule has 0 bridgehead atoms. The molecule has 0 aromatic rings. The second-order valence-electron chi connectivity index (χ2n) is 3.92. The summed E-state index contributed by atoms with van der Waals surface area (Å²) in [6.07, 6.45) is 1.82. The highest BCUT2D eigenvalue weighted by atomic mass is 16.5. The Kier molecular flexibility index (Phi) is 6.76. The number of imide groups is 1. The molecular weight excluding hydrogens is 224 g/mol. The topological polar surface area (TPSA) is 76.7 Å². The average Bonchev–Trinajstić information content (AvgIpc) is 2.30. The summed E-state index contributed by atoms with van der Waals surface area (Å²) in [5.74, 6) is -0.405. The van der Waals surface area contributed by atoms with E-state index in [2.05, 4.69) is 10.6 Å². The minimum Gasteiger partial charge on any atom is -0.382 e. The van der Waals surface area contributed by atoms with Gasteiger partial charge in [-0.05, 0) is 19.4 Å². The Balaban J connectivity index is 1.99. The van der Waals surface area contributed by atoms with Gasteiger partial charge in [0.05, 0.1) is 19.3 Å². The van der Waals surface area contributed by atoms with Crippen LogP contribution in [0.15, 0.2) is 0 Å². The van der Waals surface area contributed by atoms with Gasteiger partial charge in [0.25, 0.3) is 0 Å². The number of hydrogen-bond acceptors (Lipinski definition) is 5. The Morgan fingerprint density at radius 2 is 2.18 bits per heavy atom. The molecule has 0 spiro atoms. The van der Waals surface area contributed by atoms with Crippen molar-refractivity contribution in [2.45, 2.75) is 25.3 Å². The molecule has 1 atom stereocenters. The van der Waals surface area contributed by atoms with Crippen LogP contribution in [-0.4, -0.2) is 51.3 Å². The van der Waals surface area contributed by atoms with E-state index >= 15 is 0 Å². The number of rotatable bonds is 8. The molecule has 0 saturated carbocycles. The van der Waals surface area contributed by atoms with Crippen LogP contribution >= 0.6 is 0 Å². The number of ether oxygens (including phenoxy) is 2. The highest BCUT2D eigenvalue weighted by molar-refractivity contribution is 6.00. The van der Waals surface area contributed by atoms with Gasteiger partial charge in [-0.1, -0.05) is 0 Å². The number of nitrogens with one attached hydrogen (secondary N) is 2. The van der Waals surface area contributed by atoms with Crippen molar-refractivity contribution in [2.24, 2.45) is 0 Å². The lowest BCUT2D eigenvalue weighted by Gasteiger charge is -2.21. The van der Waals surface area contributed by atoms with Gasteiger partial charge in [-0.3, -0.25) is 14.9 Å². The minimum atomic E-state index is -0.244. The third-order valence-corrected chi connectivity index (χ3v) is 2.53. The van der Waals surface area contributed by atoms with E-state index in [1.807, 2.05) is 0 Å². The molecule has 1 unspecified atom stereocenters. The fraction of sp³-hybridized carbons (Fsp3) is 0.818. The van der Waals surface area contributed by atoms with Crippen molar-refractivity contribution in [2.75, 3.05) is 33.5 Å². The van der Waals surface area contributed by atoms with Gasteiger partial charge in [0, 0.05) is 20.1 Å². The molecule has 0 aromatic carbocycles. The van der Waals surface area contributed by atoms with Crippen molar-refractivity contribution in [1.29, 1.82) is 0 Å². The van der Waals surface area contributed by atoms with Gasteiger partial charge in [-0.25, -0.2) is 0 Å². The lowest BCUT2D eigenvalue weighted by molar-refractivity contribution is -0.134. The number of hydrogen-bond donors (Lipinski definition) is 2. The Labute approximate surface area is 101 Å². The summed E-state index contributed by atoms with van der Waals surface area (Å²) in [5.41, 5.74) is 0. The maximum atomic E-state index is 11.4. The molecular formula is C11H20N2O4. The fourth-order valence-electron chi connectivity index (χ4n) is 1.58. The largest absolute Gasteiger partial charge is 0.382 e. The zero-order valence-corrected chi connectivity index (χ0v) is 10.2. The molecule has 1 rings (SSSR count). The average molecular weight is 244 g/mol. The summed E-state index contributed by atoms with van der Waals surface area (Å²) in [7, 11) is 1.63. The van der Waals surface area contributed by atoms with Crippen LogP contribution in [0.2, 0.25) is 0 Å². The molecule has 98 valence electrons. The highest BCUT2D eigenvalue weighted by Crippen LogP contribution is 2.03. The Hall–Kier alpha value is -0.980.